The van der Waals surface area contributed by atoms with Crippen LogP contribution in [0.5, 0.6) is 0 Å². The second-order valence-corrected chi connectivity index (χ2v) is 17.6. The Hall–Kier alpha value is -7.76. The maximum absolute atomic E-state index is 7.26. The lowest BCUT2D eigenvalue weighted by Crippen LogP contribution is -2.61. The standard InChI is InChI=1S/C57H37BN2O2/c1-57(2)43-19-5-3-16-37(43)39-29-30-41-40-18-12-26-50(55(40)62-56(41)53(39)57)60-47-23-9-7-21-45(47)58-44-20-6-8-22-46(44)59(48-24-13-25-49(60)54(48)58)36-15-11-14-34(32-36)35-28-31-52-42(33-35)38-17-4-10-27-51(38)61-52/h3-33H,1-2H3. The summed E-state index contributed by atoms with van der Waals surface area (Å²) in [5.41, 5.74) is 21.7. The van der Waals surface area contributed by atoms with Crippen LogP contribution in [-0.4, -0.2) is 6.71 Å². The van der Waals surface area contributed by atoms with Crippen LogP contribution in [0.4, 0.5) is 34.1 Å². The molecule has 0 unspecified atom stereocenters. The van der Waals surface area contributed by atoms with E-state index in [-0.39, 0.29) is 12.1 Å². The predicted octanol–water partition coefficient (Wildman–Crippen LogP) is 13.5. The van der Waals surface area contributed by atoms with Gasteiger partial charge in [0, 0.05) is 61.0 Å². The van der Waals surface area contributed by atoms with Crippen molar-refractivity contribution in [3.05, 3.63) is 199 Å². The van der Waals surface area contributed by atoms with E-state index in [0.29, 0.717) is 0 Å². The van der Waals surface area contributed by atoms with Gasteiger partial charge in [-0.2, -0.15) is 0 Å². The van der Waals surface area contributed by atoms with Crippen LogP contribution in [0.3, 0.4) is 0 Å². The summed E-state index contributed by atoms with van der Waals surface area (Å²) in [6.07, 6.45) is 0. The van der Waals surface area contributed by atoms with Crippen LogP contribution < -0.4 is 26.2 Å². The molecule has 9 aromatic carbocycles. The van der Waals surface area contributed by atoms with E-state index in [1.165, 1.54) is 55.7 Å². The molecule has 0 bridgehead atoms. The van der Waals surface area contributed by atoms with Crippen LogP contribution in [0.1, 0.15) is 25.0 Å². The van der Waals surface area contributed by atoms with Gasteiger partial charge in [0.05, 0.1) is 5.69 Å². The molecule has 1 aliphatic carbocycles. The highest BCUT2D eigenvalue weighted by molar-refractivity contribution is 7.00. The van der Waals surface area contributed by atoms with Gasteiger partial charge in [-0.15, -0.1) is 0 Å². The molecule has 0 radical (unpaired) electrons. The van der Waals surface area contributed by atoms with Crippen molar-refractivity contribution in [3.63, 3.8) is 0 Å². The Balaban J connectivity index is 0.972. The zero-order valence-corrected chi connectivity index (χ0v) is 34.2. The minimum absolute atomic E-state index is 0.0403. The van der Waals surface area contributed by atoms with Gasteiger partial charge in [-0.05, 0) is 111 Å². The van der Waals surface area contributed by atoms with E-state index < -0.39 is 0 Å². The molecular weight excluding hydrogens is 755 g/mol. The Labute approximate surface area is 359 Å². The fraction of sp³-hybridized carbons (Fsp3) is 0.0526. The van der Waals surface area contributed by atoms with Crippen LogP contribution in [0, 0.1) is 0 Å². The first-order valence-corrected chi connectivity index (χ1v) is 21.5. The van der Waals surface area contributed by atoms with Gasteiger partial charge in [0.2, 0.25) is 0 Å². The number of benzene rings is 9. The van der Waals surface area contributed by atoms with Crippen molar-refractivity contribution in [1.29, 1.82) is 0 Å². The Morgan fingerprint density at radius 1 is 0.419 bits per heavy atom. The molecule has 62 heavy (non-hydrogen) atoms. The van der Waals surface area contributed by atoms with Crippen LogP contribution >= 0.6 is 0 Å². The van der Waals surface area contributed by atoms with E-state index >= 15 is 0 Å². The first kappa shape index (κ1) is 34.0. The van der Waals surface area contributed by atoms with Crippen LogP contribution in [0.15, 0.2) is 197 Å². The molecule has 0 spiro atoms. The number of anilines is 6. The summed E-state index contributed by atoms with van der Waals surface area (Å²) in [4.78, 5) is 4.93. The molecule has 4 heterocycles. The van der Waals surface area contributed by atoms with Gasteiger partial charge in [0.25, 0.3) is 6.71 Å². The summed E-state index contributed by atoms with van der Waals surface area (Å²) in [6.45, 7) is 4.71. The third kappa shape index (κ3) is 4.42. The minimum atomic E-state index is -0.197. The lowest BCUT2D eigenvalue weighted by molar-refractivity contribution is 0.620. The topological polar surface area (TPSA) is 32.8 Å². The number of nitrogens with zero attached hydrogens (tertiary/aromatic N) is 2. The third-order valence-electron chi connectivity index (χ3n) is 14.0. The lowest BCUT2D eigenvalue weighted by atomic mass is 9.33. The van der Waals surface area contributed by atoms with Crippen molar-refractivity contribution in [2.24, 2.45) is 0 Å². The second kappa shape index (κ2) is 12.2. The number of furan rings is 2. The number of para-hydroxylation sites is 4. The predicted molar refractivity (Wildman–Crippen MR) is 258 cm³/mol. The summed E-state index contributed by atoms with van der Waals surface area (Å²) in [5, 5.41) is 4.54. The van der Waals surface area contributed by atoms with E-state index in [4.69, 9.17) is 8.83 Å². The van der Waals surface area contributed by atoms with E-state index in [1.54, 1.807) is 0 Å². The molecule has 0 atom stereocenters. The van der Waals surface area contributed by atoms with Gasteiger partial charge in [0.15, 0.2) is 5.58 Å². The van der Waals surface area contributed by atoms with E-state index in [0.717, 1.165) is 72.1 Å². The SMILES string of the molecule is CC1(C)c2ccccc2-c2ccc3c(oc4c(N5c6ccccc6B6c7ccccc7N(c7cccc(-c8ccc9oc%10ccccc%10c9c8)c7)c7cccc5c76)cccc43)c21. The summed E-state index contributed by atoms with van der Waals surface area (Å²) in [6, 6.07) is 68.6. The second-order valence-electron chi connectivity index (χ2n) is 17.6. The zero-order chi connectivity index (χ0) is 40.8. The Morgan fingerprint density at radius 3 is 1.92 bits per heavy atom. The maximum atomic E-state index is 7.26. The lowest BCUT2D eigenvalue weighted by Gasteiger charge is -2.44. The first-order valence-electron chi connectivity index (χ1n) is 21.5. The summed E-state index contributed by atoms with van der Waals surface area (Å²) in [7, 11) is 0. The van der Waals surface area contributed by atoms with Crippen molar-refractivity contribution in [2.75, 3.05) is 9.80 Å². The maximum Gasteiger partial charge on any atom is 0.252 e. The normalized spacial score (nSPS) is 14.3. The van der Waals surface area contributed by atoms with Gasteiger partial charge in [-0.3, -0.25) is 0 Å². The fourth-order valence-electron chi connectivity index (χ4n) is 11.4. The van der Waals surface area contributed by atoms with E-state index in [1.807, 2.05) is 12.1 Å². The molecule has 2 aliphatic heterocycles. The van der Waals surface area contributed by atoms with E-state index in [9.17, 15) is 0 Å². The molecule has 0 saturated carbocycles. The number of hydrogen-bond acceptors (Lipinski definition) is 4. The molecule has 0 N–H and O–H groups in total. The quantitative estimate of drug-likeness (QED) is 0.167. The number of hydrogen-bond donors (Lipinski definition) is 0. The molecule has 0 fully saturated rings. The van der Waals surface area contributed by atoms with Crippen LogP contribution in [-0.2, 0) is 5.41 Å². The summed E-state index contributed by atoms with van der Waals surface area (Å²) in [5.74, 6) is 0. The highest BCUT2D eigenvalue weighted by Gasteiger charge is 2.44. The molecule has 4 nitrogen and oxygen atoms in total. The van der Waals surface area contributed by atoms with Crippen molar-refractivity contribution in [2.45, 2.75) is 19.3 Å². The van der Waals surface area contributed by atoms with Gasteiger partial charge in [-0.1, -0.05) is 135 Å². The molecule has 5 heteroatoms. The Morgan fingerprint density at radius 2 is 1.05 bits per heavy atom. The molecule has 290 valence electrons. The molecular formula is C57H37BN2O2. The minimum Gasteiger partial charge on any atom is -0.456 e. The first-order chi connectivity index (χ1) is 30.5. The van der Waals surface area contributed by atoms with Gasteiger partial charge in [0.1, 0.15) is 16.7 Å². The molecule has 2 aromatic heterocycles. The molecule has 0 saturated heterocycles. The smallest absolute Gasteiger partial charge is 0.252 e. The summed E-state index contributed by atoms with van der Waals surface area (Å²) >= 11 is 0. The average Bonchev–Trinajstić information content (AvgIpc) is 3.96. The summed E-state index contributed by atoms with van der Waals surface area (Å²) < 4.78 is 13.5. The monoisotopic (exact) mass is 792 g/mol. The number of fused-ring (bicyclic) bond motifs is 14. The number of rotatable bonds is 3. The highest BCUT2D eigenvalue weighted by atomic mass is 16.3. The van der Waals surface area contributed by atoms with Crippen molar-refractivity contribution >= 4 is 101 Å². The average molecular weight is 793 g/mol. The largest absolute Gasteiger partial charge is 0.456 e. The Kier molecular flexibility index (Phi) is 6.68. The van der Waals surface area contributed by atoms with Crippen LogP contribution in [0.25, 0.3) is 66.1 Å². The third-order valence-corrected chi connectivity index (χ3v) is 14.0. The van der Waals surface area contributed by atoms with Gasteiger partial charge < -0.3 is 18.6 Å². The molecule has 0 amide bonds. The van der Waals surface area contributed by atoms with Crippen molar-refractivity contribution in [3.8, 4) is 22.3 Å². The molecule has 3 aliphatic rings. The Bertz CT molecular complexity index is 3720. The molecule has 14 rings (SSSR count). The van der Waals surface area contributed by atoms with Crippen LogP contribution in [0.2, 0.25) is 0 Å². The van der Waals surface area contributed by atoms with Gasteiger partial charge >= 0.3 is 0 Å². The zero-order valence-electron chi connectivity index (χ0n) is 34.2. The van der Waals surface area contributed by atoms with Crippen molar-refractivity contribution < 1.29 is 8.83 Å². The fourth-order valence-corrected chi connectivity index (χ4v) is 11.4. The van der Waals surface area contributed by atoms with Gasteiger partial charge in [-0.25, -0.2) is 0 Å². The van der Waals surface area contributed by atoms with E-state index in [2.05, 4.69) is 200 Å². The highest BCUT2D eigenvalue weighted by Crippen LogP contribution is 2.54. The van der Waals surface area contributed by atoms with Crippen molar-refractivity contribution in [1.82, 2.24) is 0 Å². The molecule has 11 aromatic rings.